The van der Waals surface area contributed by atoms with E-state index in [1.807, 2.05) is 0 Å². The van der Waals surface area contributed by atoms with E-state index in [0.29, 0.717) is 5.69 Å². The molecule has 0 radical (unpaired) electrons. The van der Waals surface area contributed by atoms with Crippen LogP contribution < -0.4 is 5.73 Å². The Hall–Kier alpha value is -3.20. The fourth-order valence-electron chi connectivity index (χ4n) is 4.07. The van der Waals surface area contributed by atoms with Crippen molar-refractivity contribution in [2.24, 2.45) is 0 Å². The number of hydrogen-bond donors (Lipinski definition) is 1. The minimum atomic E-state index is 0.683. The van der Waals surface area contributed by atoms with E-state index in [-0.39, 0.29) is 0 Å². The van der Waals surface area contributed by atoms with E-state index < -0.39 is 0 Å². The number of aryl methyl sites for hydroxylation is 2. The van der Waals surface area contributed by atoms with Gasteiger partial charge in [0.25, 0.3) is 0 Å². The molecule has 2 aliphatic rings. The van der Waals surface area contributed by atoms with Gasteiger partial charge in [-0.15, -0.1) is 0 Å². The van der Waals surface area contributed by atoms with Crippen LogP contribution in [0.15, 0.2) is 54.7 Å². The van der Waals surface area contributed by atoms with Crippen LogP contribution >= 0.6 is 0 Å². The highest BCUT2D eigenvalue weighted by atomic mass is 14.9. The molecular formula is C25H23N3. The van der Waals surface area contributed by atoms with Crippen molar-refractivity contribution < 1.29 is 0 Å². The Bertz CT molecular complexity index is 1110. The molecule has 0 fully saturated rings. The van der Waals surface area contributed by atoms with Gasteiger partial charge < -0.3 is 5.73 Å². The van der Waals surface area contributed by atoms with Gasteiger partial charge >= 0.3 is 0 Å². The first-order valence-electron chi connectivity index (χ1n) is 9.91. The Morgan fingerprint density at radius 1 is 0.821 bits per heavy atom. The van der Waals surface area contributed by atoms with E-state index in [1.54, 1.807) is 6.20 Å². The van der Waals surface area contributed by atoms with E-state index in [1.165, 1.54) is 33.4 Å². The van der Waals surface area contributed by atoms with Crippen LogP contribution in [0.4, 0.5) is 5.69 Å². The maximum absolute atomic E-state index is 6.17. The molecule has 1 heterocycles. The van der Waals surface area contributed by atoms with Crippen molar-refractivity contribution in [3.8, 4) is 0 Å². The third-order valence-corrected chi connectivity index (χ3v) is 5.65. The Balaban J connectivity index is 1.31. The number of hydrogen-bond acceptors (Lipinski definition) is 3. The molecule has 2 aromatic carbocycles. The second kappa shape index (κ2) is 7.08. The van der Waals surface area contributed by atoms with Gasteiger partial charge in [-0.05, 0) is 59.1 Å². The van der Waals surface area contributed by atoms with Gasteiger partial charge in [0, 0.05) is 6.42 Å². The summed E-state index contributed by atoms with van der Waals surface area (Å²) in [5.41, 5.74) is 15.9. The first-order valence-corrected chi connectivity index (χ1v) is 9.91. The summed E-state index contributed by atoms with van der Waals surface area (Å²) in [6, 6.07) is 13.4. The topological polar surface area (TPSA) is 51.8 Å². The first kappa shape index (κ1) is 16.9. The lowest BCUT2D eigenvalue weighted by Gasteiger charge is -2.09. The van der Waals surface area contributed by atoms with Crippen LogP contribution in [0.3, 0.4) is 0 Å². The van der Waals surface area contributed by atoms with E-state index >= 15 is 0 Å². The van der Waals surface area contributed by atoms with Gasteiger partial charge in [-0.3, -0.25) is 0 Å². The average molecular weight is 365 g/mol. The van der Waals surface area contributed by atoms with Gasteiger partial charge in [-0.2, -0.15) is 0 Å². The molecular weight excluding hydrogens is 342 g/mol. The summed E-state index contributed by atoms with van der Waals surface area (Å²) >= 11 is 0. The molecule has 0 amide bonds. The molecule has 1 aromatic heterocycles. The second-order valence-electron chi connectivity index (χ2n) is 7.64. The van der Waals surface area contributed by atoms with Crippen molar-refractivity contribution in [1.29, 1.82) is 0 Å². The predicted octanol–water partition coefficient (Wildman–Crippen LogP) is 4.57. The van der Waals surface area contributed by atoms with Crippen LogP contribution in [-0.4, -0.2) is 9.97 Å². The first-order chi connectivity index (χ1) is 13.7. The second-order valence-corrected chi connectivity index (χ2v) is 7.64. The van der Waals surface area contributed by atoms with Crippen LogP contribution in [0.25, 0.3) is 12.2 Å². The van der Waals surface area contributed by atoms with Crippen molar-refractivity contribution >= 4 is 17.8 Å². The van der Waals surface area contributed by atoms with Crippen LogP contribution in [0.2, 0.25) is 0 Å². The zero-order chi connectivity index (χ0) is 18.9. The van der Waals surface area contributed by atoms with E-state index in [2.05, 4.69) is 65.7 Å². The molecule has 0 spiro atoms. The van der Waals surface area contributed by atoms with E-state index in [0.717, 1.165) is 43.6 Å². The molecule has 0 aliphatic heterocycles. The van der Waals surface area contributed by atoms with Gasteiger partial charge in [-0.25, -0.2) is 9.97 Å². The summed E-state index contributed by atoms with van der Waals surface area (Å²) in [6.45, 7) is 0. The van der Waals surface area contributed by atoms with Gasteiger partial charge in [0.05, 0.1) is 17.6 Å². The molecule has 0 saturated heterocycles. The number of fused-ring (bicyclic) bond motifs is 2. The number of anilines is 1. The van der Waals surface area contributed by atoms with Crippen molar-refractivity contribution in [3.63, 3.8) is 0 Å². The van der Waals surface area contributed by atoms with Crippen LogP contribution in [0, 0.1) is 0 Å². The monoisotopic (exact) mass is 365 g/mol. The lowest BCUT2D eigenvalue weighted by atomic mass is 10.0. The normalized spacial score (nSPS) is 13.7. The molecule has 0 atom stereocenters. The summed E-state index contributed by atoms with van der Waals surface area (Å²) in [4.78, 5) is 9.25. The van der Waals surface area contributed by atoms with Gasteiger partial charge in [0.1, 0.15) is 5.82 Å². The van der Waals surface area contributed by atoms with Gasteiger partial charge in [0.15, 0.2) is 0 Å². The SMILES string of the molecule is Nc1cnc(Cc2ccc3c(c2)CC=C3)nc1CCc1ccc2c(c1)C=CC2. The third-order valence-electron chi connectivity index (χ3n) is 5.65. The van der Waals surface area contributed by atoms with Crippen molar-refractivity contribution in [3.05, 3.63) is 99.6 Å². The zero-order valence-electron chi connectivity index (χ0n) is 15.9. The fraction of sp³-hybridized carbons (Fsp3) is 0.200. The Labute approximate surface area is 165 Å². The average Bonchev–Trinajstić information content (AvgIpc) is 3.36. The van der Waals surface area contributed by atoms with Crippen molar-refractivity contribution in [2.75, 3.05) is 5.73 Å². The smallest absolute Gasteiger partial charge is 0.133 e. The molecule has 3 heteroatoms. The minimum Gasteiger partial charge on any atom is -0.396 e. The van der Waals surface area contributed by atoms with Crippen molar-refractivity contribution in [2.45, 2.75) is 32.1 Å². The summed E-state index contributed by atoms with van der Waals surface area (Å²) < 4.78 is 0. The third kappa shape index (κ3) is 3.36. The molecule has 3 nitrogen and oxygen atoms in total. The highest BCUT2D eigenvalue weighted by molar-refractivity contribution is 5.61. The largest absolute Gasteiger partial charge is 0.396 e. The lowest BCUT2D eigenvalue weighted by Crippen LogP contribution is -2.06. The molecule has 0 saturated carbocycles. The summed E-state index contributed by atoms with van der Waals surface area (Å²) in [5, 5.41) is 0. The Morgan fingerprint density at radius 2 is 1.64 bits per heavy atom. The number of nitrogens with zero attached hydrogens (tertiary/aromatic N) is 2. The fourth-order valence-corrected chi connectivity index (χ4v) is 4.07. The van der Waals surface area contributed by atoms with Gasteiger partial charge in [0.2, 0.25) is 0 Å². The lowest BCUT2D eigenvalue weighted by molar-refractivity contribution is 0.863. The number of aromatic nitrogens is 2. The van der Waals surface area contributed by atoms with E-state index in [9.17, 15) is 0 Å². The molecule has 5 rings (SSSR count). The molecule has 0 bridgehead atoms. The standard InChI is InChI=1S/C25H23N3/c26-23-16-27-25(15-18-8-11-20-4-2-6-22(20)14-18)28-24(23)12-9-17-7-10-19-3-1-5-21(19)13-17/h1-2,4-5,7-8,10-11,13-14,16H,3,6,9,12,15,26H2. The minimum absolute atomic E-state index is 0.683. The molecule has 2 aliphatic carbocycles. The number of nitrogen functional groups attached to an aromatic ring is 1. The highest BCUT2D eigenvalue weighted by Gasteiger charge is 2.10. The van der Waals surface area contributed by atoms with Crippen LogP contribution in [0.5, 0.6) is 0 Å². The number of allylic oxidation sites excluding steroid dienone is 2. The van der Waals surface area contributed by atoms with Crippen LogP contribution in [-0.2, 0) is 32.1 Å². The summed E-state index contributed by atoms with van der Waals surface area (Å²) in [5.74, 6) is 0.840. The number of rotatable bonds is 5. The molecule has 138 valence electrons. The van der Waals surface area contributed by atoms with Gasteiger partial charge in [-0.1, -0.05) is 60.7 Å². The van der Waals surface area contributed by atoms with Crippen LogP contribution in [0.1, 0.15) is 44.9 Å². The quantitative estimate of drug-likeness (QED) is 0.720. The number of benzene rings is 2. The maximum atomic E-state index is 6.17. The predicted molar refractivity (Wildman–Crippen MR) is 115 cm³/mol. The highest BCUT2D eigenvalue weighted by Crippen LogP contribution is 2.23. The zero-order valence-corrected chi connectivity index (χ0v) is 15.9. The Kier molecular flexibility index (Phi) is 4.28. The molecule has 2 N–H and O–H groups in total. The van der Waals surface area contributed by atoms with Crippen molar-refractivity contribution in [1.82, 2.24) is 9.97 Å². The van der Waals surface area contributed by atoms with E-state index in [4.69, 9.17) is 10.7 Å². The summed E-state index contributed by atoms with van der Waals surface area (Å²) in [7, 11) is 0. The summed E-state index contributed by atoms with van der Waals surface area (Å²) in [6.07, 6.45) is 15.2. The Morgan fingerprint density at radius 3 is 2.57 bits per heavy atom. The molecule has 28 heavy (non-hydrogen) atoms. The maximum Gasteiger partial charge on any atom is 0.133 e. The number of nitrogens with two attached hydrogens (primary N) is 1. The molecule has 3 aromatic rings. The molecule has 0 unspecified atom stereocenters.